The van der Waals surface area contributed by atoms with Crippen LogP contribution in [0.5, 0.6) is 5.75 Å². The van der Waals surface area contributed by atoms with Crippen molar-refractivity contribution in [3.05, 3.63) is 58.6 Å². The number of hydrogen-bond acceptors (Lipinski definition) is 5. The second kappa shape index (κ2) is 7.32. The van der Waals surface area contributed by atoms with E-state index in [0.29, 0.717) is 27.4 Å². The highest BCUT2D eigenvalue weighted by atomic mass is 32.1. The van der Waals surface area contributed by atoms with Gasteiger partial charge in [-0.15, -0.1) is 24.5 Å². The Hall–Kier alpha value is -3.38. The van der Waals surface area contributed by atoms with E-state index in [4.69, 9.17) is 5.11 Å². The number of ether oxygens (including phenoxy) is 1. The number of aromatic nitrogens is 1. The molecule has 0 spiro atoms. The van der Waals surface area contributed by atoms with Gasteiger partial charge < -0.3 is 9.84 Å². The number of alkyl halides is 3. The van der Waals surface area contributed by atoms with E-state index < -0.39 is 12.3 Å². The molecule has 28 heavy (non-hydrogen) atoms. The standard InChI is InChI=1S/C19H11F3N2O3S/c1-10-16(18(25)26)28-17(24-10)12-4-7-15(13(8-12)9-23)11-2-5-14(6-3-11)27-19(20,21)22/h2-8H,1H3,(H,25,26). The molecule has 0 radical (unpaired) electrons. The fraction of sp³-hybridized carbons (Fsp3) is 0.105. The van der Waals surface area contributed by atoms with Crippen LogP contribution in [0.1, 0.15) is 20.9 Å². The van der Waals surface area contributed by atoms with Crippen molar-refractivity contribution < 1.29 is 27.8 Å². The second-order valence-electron chi connectivity index (χ2n) is 5.68. The van der Waals surface area contributed by atoms with Crippen molar-refractivity contribution >= 4 is 17.3 Å². The van der Waals surface area contributed by atoms with Crippen molar-refractivity contribution in [3.8, 4) is 33.5 Å². The van der Waals surface area contributed by atoms with E-state index in [9.17, 15) is 23.2 Å². The predicted octanol–water partition coefficient (Wildman–Crippen LogP) is 5.25. The highest BCUT2D eigenvalue weighted by Gasteiger charge is 2.31. The van der Waals surface area contributed by atoms with Crippen molar-refractivity contribution in [2.75, 3.05) is 0 Å². The van der Waals surface area contributed by atoms with E-state index in [2.05, 4.69) is 15.8 Å². The lowest BCUT2D eigenvalue weighted by Gasteiger charge is -2.10. The molecule has 0 aliphatic heterocycles. The van der Waals surface area contributed by atoms with Gasteiger partial charge in [-0.2, -0.15) is 5.26 Å². The molecule has 0 atom stereocenters. The number of benzene rings is 2. The Kier molecular flexibility index (Phi) is 5.07. The third kappa shape index (κ3) is 4.13. The zero-order valence-electron chi connectivity index (χ0n) is 14.2. The first-order chi connectivity index (χ1) is 13.2. The minimum atomic E-state index is -4.78. The summed E-state index contributed by atoms with van der Waals surface area (Å²) in [6.07, 6.45) is -4.78. The minimum absolute atomic E-state index is 0.123. The monoisotopic (exact) mass is 404 g/mol. The van der Waals surface area contributed by atoms with Crippen LogP contribution in [-0.4, -0.2) is 22.4 Å². The molecule has 3 rings (SSSR count). The highest BCUT2D eigenvalue weighted by molar-refractivity contribution is 7.17. The van der Waals surface area contributed by atoms with E-state index in [1.165, 1.54) is 24.3 Å². The van der Waals surface area contributed by atoms with Crippen molar-refractivity contribution in [2.45, 2.75) is 13.3 Å². The lowest BCUT2D eigenvalue weighted by molar-refractivity contribution is -0.274. The Balaban J connectivity index is 1.95. The summed E-state index contributed by atoms with van der Waals surface area (Å²) in [6, 6.07) is 12.1. The summed E-state index contributed by atoms with van der Waals surface area (Å²) in [5.41, 5.74) is 2.32. The zero-order chi connectivity index (χ0) is 20.5. The molecule has 0 bridgehead atoms. The third-order valence-electron chi connectivity index (χ3n) is 3.78. The molecule has 1 N–H and O–H groups in total. The Morgan fingerprint density at radius 3 is 2.36 bits per heavy atom. The average Bonchev–Trinajstić information content (AvgIpc) is 3.02. The smallest absolute Gasteiger partial charge is 0.477 e. The number of nitrogens with zero attached hydrogens (tertiary/aromatic N) is 2. The van der Waals surface area contributed by atoms with Crippen LogP contribution in [0.25, 0.3) is 21.7 Å². The molecule has 0 saturated carbocycles. The van der Waals surface area contributed by atoms with Gasteiger partial charge in [0.2, 0.25) is 0 Å². The summed E-state index contributed by atoms with van der Waals surface area (Å²) < 4.78 is 40.6. The van der Waals surface area contributed by atoms with Crippen LogP contribution in [0.3, 0.4) is 0 Å². The number of halogens is 3. The maximum absolute atomic E-state index is 12.3. The molecular formula is C19H11F3N2O3S. The molecular weight excluding hydrogens is 393 g/mol. The third-order valence-corrected chi connectivity index (χ3v) is 4.97. The molecule has 5 nitrogen and oxygen atoms in total. The van der Waals surface area contributed by atoms with Gasteiger partial charge in [0.15, 0.2) is 0 Å². The summed E-state index contributed by atoms with van der Waals surface area (Å²) in [7, 11) is 0. The number of hydrogen-bond donors (Lipinski definition) is 1. The summed E-state index contributed by atoms with van der Waals surface area (Å²) >= 11 is 1.01. The fourth-order valence-electron chi connectivity index (χ4n) is 2.58. The molecule has 2 aromatic carbocycles. The van der Waals surface area contributed by atoms with Gasteiger partial charge in [-0.05, 0) is 36.2 Å². The van der Waals surface area contributed by atoms with E-state index in [1.807, 2.05) is 0 Å². The van der Waals surface area contributed by atoms with Crippen molar-refractivity contribution in [3.63, 3.8) is 0 Å². The van der Waals surface area contributed by atoms with Crippen LogP contribution in [0.2, 0.25) is 0 Å². The summed E-state index contributed by atoms with van der Waals surface area (Å²) in [5, 5.41) is 19.1. The van der Waals surface area contributed by atoms with Crippen LogP contribution in [-0.2, 0) is 0 Å². The van der Waals surface area contributed by atoms with Crippen molar-refractivity contribution in [2.24, 2.45) is 0 Å². The van der Waals surface area contributed by atoms with Crippen LogP contribution in [0.15, 0.2) is 42.5 Å². The molecule has 0 fully saturated rings. The average molecular weight is 404 g/mol. The first kappa shape index (κ1) is 19.4. The van der Waals surface area contributed by atoms with Gasteiger partial charge in [0, 0.05) is 5.56 Å². The lowest BCUT2D eigenvalue weighted by atomic mass is 9.98. The lowest BCUT2D eigenvalue weighted by Crippen LogP contribution is -2.16. The van der Waals surface area contributed by atoms with Gasteiger partial charge in [0.25, 0.3) is 0 Å². The van der Waals surface area contributed by atoms with Gasteiger partial charge in [-0.3, -0.25) is 0 Å². The first-order valence-corrected chi connectivity index (χ1v) is 8.61. The molecule has 142 valence electrons. The number of thiazole rings is 1. The quantitative estimate of drug-likeness (QED) is 0.642. The maximum atomic E-state index is 12.3. The Morgan fingerprint density at radius 1 is 1.18 bits per heavy atom. The number of carboxylic acids is 1. The first-order valence-electron chi connectivity index (χ1n) is 7.79. The SMILES string of the molecule is Cc1nc(-c2ccc(-c3ccc(OC(F)(F)F)cc3)c(C#N)c2)sc1C(=O)O. The number of aromatic carboxylic acids is 1. The molecule has 1 heterocycles. The maximum Gasteiger partial charge on any atom is 0.573 e. The number of rotatable bonds is 4. The summed E-state index contributed by atoms with van der Waals surface area (Å²) in [5.74, 6) is -1.43. The summed E-state index contributed by atoms with van der Waals surface area (Å²) in [6.45, 7) is 1.59. The zero-order valence-corrected chi connectivity index (χ0v) is 15.1. The van der Waals surface area contributed by atoms with Crippen molar-refractivity contribution in [1.82, 2.24) is 4.98 Å². The molecule has 9 heteroatoms. The fourth-order valence-corrected chi connectivity index (χ4v) is 3.48. The van der Waals surface area contributed by atoms with Gasteiger partial charge in [0.1, 0.15) is 15.6 Å². The molecule has 0 unspecified atom stereocenters. The molecule has 0 aliphatic rings. The van der Waals surface area contributed by atoms with Gasteiger partial charge in [-0.25, -0.2) is 9.78 Å². The highest BCUT2D eigenvalue weighted by Crippen LogP contribution is 2.33. The van der Waals surface area contributed by atoms with E-state index in [0.717, 1.165) is 11.3 Å². The molecule has 3 aromatic rings. The summed E-state index contributed by atoms with van der Waals surface area (Å²) in [4.78, 5) is 15.5. The molecule has 0 amide bonds. The molecule has 0 saturated heterocycles. The Morgan fingerprint density at radius 2 is 1.82 bits per heavy atom. The van der Waals surface area contributed by atoms with Gasteiger partial charge in [0.05, 0.1) is 17.3 Å². The minimum Gasteiger partial charge on any atom is -0.477 e. The molecule has 0 aliphatic carbocycles. The van der Waals surface area contributed by atoms with E-state index in [-0.39, 0.29) is 16.2 Å². The predicted molar refractivity (Wildman–Crippen MR) is 96.1 cm³/mol. The number of carboxylic acid groups (broad SMARTS) is 1. The van der Waals surface area contributed by atoms with Gasteiger partial charge in [-0.1, -0.05) is 24.3 Å². The topological polar surface area (TPSA) is 83.2 Å². The second-order valence-corrected chi connectivity index (χ2v) is 6.68. The van der Waals surface area contributed by atoms with Gasteiger partial charge >= 0.3 is 12.3 Å². The number of nitriles is 1. The van der Waals surface area contributed by atoms with Crippen LogP contribution in [0.4, 0.5) is 13.2 Å². The van der Waals surface area contributed by atoms with Crippen LogP contribution < -0.4 is 4.74 Å². The van der Waals surface area contributed by atoms with Crippen molar-refractivity contribution in [1.29, 1.82) is 5.26 Å². The largest absolute Gasteiger partial charge is 0.573 e. The number of aryl methyl sites for hydroxylation is 1. The normalized spacial score (nSPS) is 11.1. The number of carbonyl (C=O) groups is 1. The Labute approximate surface area is 161 Å². The Bertz CT molecular complexity index is 1080. The van der Waals surface area contributed by atoms with E-state index >= 15 is 0 Å². The van der Waals surface area contributed by atoms with Crippen LogP contribution >= 0.6 is 11.3 Å². The molecule has 1 aromatic heterocycles. The van der Waals surface area contributed by atoms with E-state index in [1.54, 1.807) is 25.1 Å². The van der Waals surface area contributed by atoms with Crippen LogP contribution in [0, 0.1) is 18.3 Å².